The van der Waals surface area contributed by atoms with Gasteiger partial charge in [-0.15, -0.1) is 0 Å². The number of anilines is 2. The van der Waals surface area contributed by atoms with Crippen LogP contribution in [0.4, 0.5) is 29.5 Å². The number of halogens is 3. The number of nitrogens with two attached hydrogens (primary N) is 1. The van der Waals surface area contributed by atoms with Crippen LogP contribution in [0.1, 0.15) is 31.7 Å². The van der Waals surface area contributed by atoms with E-state index in [1.54, 1.807) is 36.9 Å². The highest BCUT2D eigenvalue weighted by Gasteiger charge is 2.30. The van der Waals surface area contributed by atoms with Gasteiger partial charge in [-0.1, -0.05) is 31.9 Å². The maximum Gasteiger partial charge on any atom is 0.416 e. The van der Waals surface area contributed by atoms with Gasteiger partial charge < -0.3 is 15.6 Å². The molecule has 3 rings (SSSR count). The Morgan fingerprint density at radius 1 is 1.21 bits per heavy atom. The summed E-state index contributed by atoms with van der Waals surface area (Å²) < 4.78 is 41.3. The van der Waals surface area contributed by atoms with E-state index in [1.807, 2.05) is 4.57 Å². The van der Waals surface area contributed by atoms with Gasteiger partial charge >= 0.3 is 12.2 Å². The van der Waals surface area contributed by atoms with Crippen LogP contribution in [-0.4, -0.2) is 33.7 Å². The number of unbranched alkanes of at least 4 members (excludes halogenated alkanes) is 2. The first kappa shape index (κ1) is 24.1. The number of benzene rings is 1. The predicted molar refractivity (Wildman–Crippen MR) is 122 cm³/mol. The van der Waals surface area contributed by atoms with Gasteiger partial charge in [0.15, 0.2) is 5.82 Å². The summed E-state index contributed by atoms with van der Waals surface area (Å²) in [6, 6.07) is 7.66. The van der Waals surface area contributed by atoms with Crippen molar-refractivity contribution in [2.45, 2.75) is 38.9 Å². The summed E-state index contributed by atoms with van der Waals surface area (Å²) in [4.78, 5) is 22.9. The molecule has 7 nitrogen and oxygen atoms in total. The zero-order valence-electron chi connectivity index (χ0n) is 18.3. The molecule has 0 aliphatic rings. The Bertz CT molecular complexity index is 1050. The van der Waals surface area contributed by atoms with E-state index in [9.17, 15) is 18.0 Å². The lowest BCUT2D eigenvalue weighted by Crippen LogP contribution is -2.42. The van der Waals surface area contributed by atoms with Crippen molar-refractivity contribution < 1.29 is 18.0 Å². The highest BCUT2D eigenvalue weighted by molar-refractivity contribution is 5.94. The van der Waals surface area contributed by atoms with Gasteiger partial charge in [-0.2, -0.15) is 13.2 Å². The molecule has 0 fully saturated rings. The van der Waals surface area contributed by atoms with E-state index in [0.717, 1.165) is 31.4 Å². The van der Waals surface area contributed by atoms with Crippen molar-refractivity contribution in [3.63, 3.8) is 0 Å². The lowest BCUT2D eigenvalue weighted by molar-refractivity contribution is -0.137. The third-order valence-corrected chi connectivity index (χ3v) is 5.08. The number of nitrogens with zero attached hydrogens (tertiary/aromatic N) is 4. The number of pyridine rings is 1. The van der Waals surface area contributed by atoms with Crippen molar-refractivity contribution in [1.82, 2.24) is 19.9 Å². The molecule has 1 aromatic carbocycles. The molecule has 0 aliphatic carbocycles. The lowest BCUT2D eigenvalue weighted by atomic mass is 10.1. The molecule has 0 atom stereocenters. The second-order valence-electron chi connectivity index (χ2n) is 7.58. The molecule has 0 saturated heterocycles. The van der Waals surface area contributed by atoms with Crippen LogP contribution >= 0.6 is 0 Å². The highest BCUT2D eigenvalue weighted by atomic mass is 19.4. The number of alkyl halides is 3. The topological polar surface area (TPSA) is 89.1 Å². The van der Waals surface area contributed by atoms with Crippen LogP contribution in [0, 0.1) is 0 Å². The van der Waals surface area contributed by atoms with Gasteiger partial charge in [0, 0.05) is 37.6 Å². The molecule has 3 N–H and O–H groups in total. The standard InChI is InChI=1S/C23H27F3N6O/c1-2-3-4-12-32(22(33)29-11-14-31-13-10-28-16-31)21-19(27)8-9-20(30-21)17-6-5-7-18(15-17)23(24,25)26/h5-10,13,15-16H,2-4,11-12,14,27H2,1H3,(H,29,33). The van der Waals surface area contributed by atoms with Crippen molar-refractivity contribution in [3.05, 3.63) is 60.7 Å². The number of imidazole rings is 1. The van der Waals surface area contributed by atoms with Crippen LogP contribution in [0.2, 0.25) is 0 Å². The summed E-state index contributed by atoms with van der Waals surface area (Å²) in [5.74, 6) is 0.223. The summed E-state index contributed by atoms with van der Waals surface area (Å²) in [5.41, 5.74) is 6.24. The largest absolute Gasteiger partial charge is 0.416 e. The molecule has 2 heterocycles. The van der Waals surface area contributed by atoms with E-state index in [4.69, 9.17) is 5.73 Å². The zero-order chi connectivity index (χ0) is 23.8. The first-order valence-corrected chi connectivity index (χ1v) is 10.7. The molecule has 0 radical (unpaired) electrons. The number of carbonyl (C=O) groups is 1. The number of nitrogens with one attached hydrogen (secondary N) is 1. The summed E-state index contributed by atoms with van der Waals surface area (Å²) in [6.07, 6.45) is 3.25. The highest BCUT2D eigenvalue weighted by Crippen LogP contribution is 2.33. The fourth-order valence-corrected chi connectivity index (χ4v) is 3.32. The van der Waals surface area contributed by atoms with Gasteiger partial charge in [-0.3, -0.25) is 4.90 Å². The Hall–Kier alpha value is -3.56. The Balaban J connectivity index is 1.85. The SMILES string of the molecule is CCCCCN(C(=O)NCCn1ccnc1)c1nc(-c2cccc(C(F)(F)F)c2)ccc1N. The second kappa shape index (κ2) is 10.8. The third-order valence-electron chi connectivity index (χ3n) is 5.08. The average molecular weight is 461 g/mol. The molecule has 0 bridgehead atoms. The number of hydrogen-bond donors (Lipinski definition) is 2. The predicted octanol–water partition coefficient (Wildman–Crippen LogP) is 4.95. The quantitative estimate of drug-likeness (QED) is 0.442. The Morgan fingerprint density at radius 2 is 2.03 bits per heavy atom. The molecular formula is C23H27F3N6O. The van der Waals surface area contributed by atoms with E-state index in [0.29, 0.717) is 30.9 Å². The molecular weight excluding hydrogens is 433 g/mol. The minimum Gasteiger partial charge on any atom is -0.396 e. The third kappa shape index (κ3) is 6.47. The van der Waals surface area contributed by atoms with Gasteiger partial charge in [0.1, 0.15) is 0 Å². The molecule has 0 aliphatic heterocycles. The maximum atomic E-state index is 13.1. The van der Waals surface area contributed by atoms with Crippen LogP contribution in [-0.2, 0) is 12.7 Å². The van der Waals surface area contributed by atoms with Gasteiger partial charge in [-0.05, 0) is 30.7 Å². The summed E-state index contributed by atoms with van der Waals surface area (Å²) in [6.45, 7) is 3.35. The number of rotatable bonds is 9. The second-order valence-corrected chi connectivity index (χ2v) is 7.58. The fourth-order valence-electron chi connectivity index (χ4n) is 3.32. The van der Waals surface area contributed by atoms with Crippen molar-refractivity contribution in [2.75, 3.05) is 23.7 Å². The number of amides is 2. The average Bonchev–Trinajstić information content (AvgIpc) is 3.30. The van der Waals surface area contributed by atoms with Crippen LogP contribution in [0.3, 0.4) is 0 Å². The van der Waals surface area contributed by atoms with Crippen molar-refractivity contribution in [3.8, 4) is 11.3 Å². The smallest absolute Gasteiger partial charge is 0.396 e. The van der Waals surface area contributed by atoms with E-state index >= 15 is 0 Å². The lowest BCUT2D eigenvalue weighted by Gasteiger charge is -2.24. The Kier molecular flexibility index (Phi) is 7.92. The van der Waals surface area contributed by atoms with Crippen LogP contribution in [0.15, 0.2) is 55.1 Å². The fraction of sp³-hybridized carbons (Fsp3) is 0.348. The van der Waals surface area contributed by atoms with Crippen molar-refractivity contribution in [1.29, 1.82) is 0 Å². The molecule has 3 aromatic rings. The molecule has 0 spiro atoms. The van der Waals surface area contributed by atoms with Crippen LogP contribution in [0.25, 0.3) is 11.3 Å². The minimum atomic E-state index is -4.46. The number of hydrogen-bond acceptors (Lipinski definition) is 4. The maximum absolute atomic E-state index is 13.1. The van der Waals surface area contributed by atoms with Gasteiger partial charge in [0.05, 0.1) is 23.3 Å². The molecule has 176 valence electrons. The monoisotopic (exact) mass is 460 g/mol. The number of urea groups is 1. The number of aromatic nitrogens is 3. The minimum absolute atomic E-state index is 0.223. The first-order valence-electron chi connectivity index (χ1n) is 10.7. The molecule has 2 aromatic heterocycles. The summed E-state index contributed by atoms with van der Waals surface area (Å²) in [7, 11) is 0. The van der Waals surface area contributed by atoms with E-state index < -0.39 is 11.7 Å². The van der Waals surface area contributed by atoms with Crippen LogP contribution < -0.4 is 16.0 Å². The molecule has 2 amide bonds. The van der Waals surface area contributed by atoms with Crippen molar-refractivity contribution >= 4 is 17.5 Å². The van der Waals surface area contributed by atoms with Gasteiger partial charge in [0.25, 0.3) is 0 Å². The number of nitrogen functional groups attached to an aromatic ring is 1. The molecule has 0 saturated carbocycles. The Labute approximate surface area is 190 Å². The van der Waals surface area contributed by atoms with E-state index in [2.05, 4.69) is 22.2 Å². The van der Waals surface area contributed by atoms with Gasteiger partial charge in [-0.25, -0.2) is 14.8 Å². The first-order chi connectivity index (χ1) is 15.8. The zero-order valence-corrected chi connectivity index (χ0v) is 18.3. The van der Waals surface area contributed by atoms with Crippen LogP contribution in [0.5, 0.6) is 0 Å². The summed E-state index contributed by atoms with van der Waals surface area (Å²) >= 11 is 0. The number of carbonyl (C=O) groups excluding carboxylic acids is 1. The Morgan fingerprint density at radius 3 is 2.73 bits per heavy atom. The summed E-state index contributed by atoms with van der Waals surface area (Å²) in [5, 5.41) is 2.86. The molecule has 10 heteroatoms. The normalized spacial score (nSPS) is 11.4. The van der Waals surface area contributed by atoms with Gasteiger partial charge in [0.2, 0.25) is 0 Å². The van der Waals surface area contributed by atoms with E-state index in [-0.39, 0.29) is 17.5 Å². The van der Waals surface area contributed by atoms with Crippen molar-refractivity contribution in [2.24, 2.45) is 0 Å². The van der Waals surface area contributed by atoms with E-state index in [1.165, 1.54) is 11.0 Å². The molecule has 0 unspecified atom stereocenters. The molecule has 33 heavy (non-hydrogen) atoms.